The Morgan fingerprint density at radius 1 is 1.73 bits per heavy atom. The van der Waals surface area contributed by atoms with E-state index in [4.69, 9.17) is 28.3 Å². The number of aliphatic carboxylic acids is 1. The largest absolute Gasteiger partial charge is 0.481 e. The van der Waals surface area contributed by atoms with Gasteiger partial charge < -0.3 is 5.11 Å². The molecular weight excluding hydrogens is 245 g/mol. The van der Waals surface area contributed by atoms with Crippen molar-refractivity contribution < 1.29 is 14.8 Å². The van der Waals surface area contributed by atoms with E-state index < -0.39 is 28.2 Å². The van der Waals surface area contributed by atoms with Crippen LogP contribution in [0.3, 0.4) is 0 Å². The minimum absolute atomic E-state index is 0.0706. The molecule has 0 spiro atoms. The van der Waals surface area contributed by atoms with Crippen LogP contribution in [0.2, 0.25) is 0 Å². The summed E-state index contributed by atoms with van der Waals surface area (Å²) in [6, 6.07) is -1.41. The average molecular weight is 252 g/mol. The maximum atomic E-state index is 10.7. The Bertz CT molecular complexity index is 366. The van der Waals surface area contributed by atoms with E-state index in [-0.39, 0.29) is 5.03 Å². The van der Waals surface area contributed by atoms with E-state index in [1.54, 1.807) is 0 Å². The van der Waals surface area contributed by atoms with E-state index in [2.05, 4.69) is 0 Å². The molecule has 82 valence electrons. The highest BCUT2D eigenvalue weighted by molar-refractivity contribution is 6.33. The monoisotopic (exact) mass is 251 g/mol. The van der Waals surface area contributed by atoms with E-state index in [0.29, 0.717) is 0 Å². The van der Waals surface area contributed by atoms with Gasteiger partial charge in [-0.15, -0.1) is 11.6 Å². The van der Waals surface area contributed by atoms with Crippen LogP contribution in [0.1, 0.15) is 6.42 Å². The van der Waals surface area contributed by atoms with Gasteiger partial charge in [0.15, 0.2) is 0 Å². The summed E-state index contributed by atoms with van der Waals surface area (Å²) in [6.07, 6.45) is 3.47. The van der Waals surface area contributed by atoms with Crippen LogP contribution in [0, 0.1) is 10.1 Å². The molecule has 0 aromatic rings. The molecular formula is C8H7Cl2NO4. The highest BCUT2D eigenvalue weighted by atomic mass is 35.5. The van der Waals surface area contributed by atoms with Gasteiger partial charge in [-0.05, 0) is 6.08 Å². The first-order valence-electron chi connectivity index (χ1n) is 3.96. The lowest BCUT2D eigenvalue weighted by atomic mass is 9.91. The number of hydrogen-bond donors (Lipinski definition) is 1. The summed E-state index contributed by atoms with van der Waals surface area (Å²) in [4.78, 5) is 19.0. The molecule has 0 saturated carbocycles. The van der Waals surface area contributed by atoms with Crippen LogP contribution in [0.15, 0.2) is 23.3 Å². The van der Waals surface area contributed by atoms with Gasteiger partial charge in [-0.1, -0.05) is 23.8 Å². The third kappa shape index (κ3) is 2.49. The third-order valence-electron chi connectivity index (χ3n) is 1.98. The van der Waals surface area contributed by atoms with E-state index in [1.807, 2.05) is 0 Å². The van der Waals surface area contributed by atoms with Crippen molar-refractivity contribution in [2.75, 3.05) is 0 Å². The number of nitrogens with zero attached hydrogens (tertiary/aromatic N) is 1. The first-order valence-corrected chi connectivity index (χ1v) is 4.71. The zero-order chi connectivity index (χ0) is 11.6. The number of carboxylic acid groups (broad SMARTS) is 1. The summed E-state index contributed by atoms with van der Waals surface area (Å²) in [6.45, 7) is 0. The van der Waals surface area contributed by atoms with Gasteiger partial charge in [0.25, 0.3) is 6.04 Å². The van der Waals surface area contributed by atoms with Crippen LogP contribution in [-0.4, -0.2) is 26.9 Å². The van der Waals surface area contributed by atoms with Crippen molar-refractivity contribution in [3.8, 4) is 0 Å². The summed E-state index contributed by atoms with van der Waals surface area (Å²) in [5.41, 5.74) is 0. The molecule has 5 nitrogen and oxygen atoms in total. The van der Waals surface area contributed by atoms with Crippen molar-refractivity contribution in [2.24, 2.45) is 0 Å². The van der Waals surface area contributed by atoms with Gasteiger partial charge in [-0.2, -0.15) is 0 Å². The molecule has 0 aromatic carbocycles. The van der Waals surface area contributed by atoms with Gasteiger partial charge >= 0.3 is 5.97 Å². The highest BCUT2D eigenvalue weighted by Gasteiger charge is 2.48. The number of rotatable bonds is 3. The number of carboxylic acids is 1. The van der Waals surface area contributed by atoms with Gasteiger partial charge in [0.2, 0.25) is 0 Å². The standard InChI is InChI=1S/C8H7Cl2NO4/c9-5-2-1-3-8(10,4-6(12)13)7(5)11(14)15/h1-3,7H,4H2,(H,12,13). The second kappa shape index (κ2) is 4.20. The molecule has 0 heterocycles. The van der Waals surface area contributed by atoms with Gasteiger partial charge in [0.05, 0.1) is 11.5 Å². The van der Waals surface area contributed by atoms with Crippen LogP contribution >= 0.6 is 23.2 Å². The normalized spacial score (nSPS) is 29.7. The Kier molecular flexibility index (Phi) is 3.36. The van der Waals surface area contributed by atoms with Gasteiger partial charge in [-0.3, -0.25) is 14.9 Å². The molecule has 15 heavy (non-hydrogen) atoms. The number of nitro groups is 1. The lowest BCUT2D eigenvalue weighted by Gasteiger charge is -2.26. The molecule has 0 aromatic heterocycles. The summed E-state index contributed by atoms with van der Waals surface area (Å²) in [5.74, 6) is -1.21. The number of halogens is 2. The summed E-state index contributed by atoms with van der Waals surface area (Å²) >= 11 is 11.5. The number of alkyl halides is 1. The van der Waals surface area contributed by atoms with Crippen molar-refractivity contribution in [2.45, 2.75) is 17.3 Å². The van der Waals surface area contributed by atoms with Crippen LogP contribution in [0.4, 0.5) is 0 Å². The molecule has 0 bridgehead atoms. The average Bonchev–Trinajstić information content (AvgIpc) is 1.99. The van der Waals surface area contributed by atoms with Gasteiger partial charge in [-0.25, -0.2) is 0 Å². The van der Waals surface area contributed by atoms with Crippen LogP contribution in [0.5, 0.6) is 0 Å². The predicted octanol–water partition coefficient (Wildman–Crippen LogP) is 1.78. The molecule has 1 N–H and O–H groups in total. The second-order valence-electron chi connectivity index (χ2n) is 3.10. The van der Waals surface area contributed by atoms with Crippen LogP contribution in [-0.2, 0) is 4.79 Å². The Hall–Kier alpha value is -1.07. The maximum Gasteiger partial charge on any atom is 0.305 e. The van der Waals surface area contributed by atoms with Crippen molar-refractivity contribution in [1.82, 2.24) is 0 Å². The van der Waals surface area contributed by atoms with Crippen LogP contribution < -0.4 is 0 Å². The Morgan fingerprint density at radius 2 is 2.33 bits per heavy atom. The van der Waals surface area contributed by atoms with Crippen molar-refractivity contribution >= 4 is 29.2 Å². The van der Waals surface area contributed by atoms with E-state index >= 15 is 0 Å². The molecule has 1 aliphatic rings. The van der Waals surface area contributed by atoms with Crippen molar-refractivity contribution in [3.63, 3.8) is 0 Å². The molecule has 2 atom stereocenters. The second-order valence-corrected chi connectivity index (χ2v) is 4.24. The molecule has 1 rings (SSSR count). The number of carbonyl (C=O) groups is 1. The molecule has 0 amide bonds. The number of allylic oxidation sites excluding steroid dienone is 2. The van der Waals surface area contributed by atoms with Gasteiger partial charge in [0, 0.05) is 4.92 Å². The molecule has 2 unspecified atom stereocenters. The van der Waals surface area contributed by atoms with Crippen LogP contribution in [0.25, 0.3) is 0 Å². The molecule has 1 aliphatic carbocycles. The summed E-state index contributed by atoms with van der Waals surface area (Å²) < 4.78 is 0. The minimum atomic E-state index is -1.60. The quantitative estimate of drug-likeness (QED) is 0.471. The molecule has 0 aliphatic heterocycles. The predicted molar refractivity (Wildman–Crippen MR) is 54.7 cm³/mol. The fraction of sp³-hybridized carbons (Fsp3) is 0.375. The Balaban J connectivity index is 3.06. The molecule has 0 saturated heterocycles. The third-order valence-corrected chi connectivity index (χ3v) is 2.78. The highest BCUT2D eigenvalue weighted by Crippen LogP contribution is 2.36. The molecule has 7 heteroatoms. The Labute approximate surface area is 95.1 Å². The summed E-state index contributed by atoms with van der Waals surface area (Å²) in [7, 11) is 0. The first kappa shape index (κ1) is 12.0. The SMILES string of the molecule is O=C(O)CC1(Cl)C=CC=C(Cl)C1[N+](=O)[O-]. The zero-order valence-electron chi connectivity index (χ0n) is 7.39. The van der Waals surface area contributed by atoms with Gasteiger partial charge in [0.1, 0.15) is 4.87 Å². The fourth-order valence-electron chi connectivity index (χ4n) is 1.37. The minimum Gasteiger partial charge on any atom is -0.481 e. The number of hydrogen-bond acceptors (Lipinski definition) is 3. The zero-order valence-corrected chi connectivity index (χ0v) is 8.90. The van der Waals surface area contributed by atoms with E-state index in [0.717, 1.165) is 0 Å². The van der Waals surface area contributed by atoms with Crippen molar-refractivity contribution in [3.05, 3.63) is 33.4 Å². The maximum absolute atomic E-state index is 10.7. The lowest BCUT2D eigenvalue weighted by molar-refractivity contribution is -0.514. The Morgan fingerprint density at radius 3 is 2.80 bits per heavy atom. The topological polar surface area (TPSA) is 80.4 Å². The summed E-state index contributed by atoms with van der Waals surface area (Å²) in [5, 5.41) is 19.3. The first-order chi connectivity index (χ1) is 6.87. The molecule has 0 radical (unpaired) electrons. The van der Waals surface area contributed by atoms with E-state index in [9.17, 15) is 14.9 Å². The smallest absolute Gasteiger partial charge is 0.305 e. The van der Waals surface area contributed by atoms with E-state index in [1.165, 1.54) is 18.2 Å². The molecule has 0 fully saturated rings. The fourth-order valence-corrected chi connectivity index (χ4v) is 2.16. The lowest BCUT2D eigenvalue weighted by Crippen LogP contribution is -2.44. The van der Waals surface area contributed by atoms with Crippen molar-refractivity contribution in [1.29, 1.82) is 0 Å².